The van der Waals surface area contributed by atoms with Crippen molar-refractivity contribution in [3.63, 3.8) is 0 Å². The molecule has 0 spiro atoms. The van der Waals surface area contributed by atoms with Gasteiger partial charge >= 0.3 is 0 Å². The molecular formula is C55H29B5N6S. The van der Waals surface area contributed by atoms with Crippen LogP contribution in [0.3, 0.4) is 0 Å². The van der Waals surface area contributed by atoms with Gasteiger partial charge in [-0.1, -0.05) is 150 Å². The highest BCUT2D eigenvalue weighted by atomic mass is 32.1. The molecule has 300 valence electrons. The van der Waals surface area contributed by atoms with Crippen molar-refractivity contribution in [1.29, 1.82) is 0 Å². The molecule has 0 N–H and O–H groups in total. The molecule has 0 unspecified atom stereocenters. The summed E-state index contributed by atoms with van der Waals surface area (Å²) in [6.45, 7) is 0. The van der Waals surface area contributed by atoms with Gasteiger partial charge in [0.1, 0.15) is 39.2 Å². The second-order valence-corrected chi connectivity index (χ2v) is 17.4. The van der Waals surface area contributed by atoms with Crippen LogP contribution in [0.15, 0.2) is 176 Å². The Morgan fingerprint density at radius 3 is 1.60 bits per heavy atom. The van der Waals surface area contributed by atoms with Crippen LogP contribution in [0.2, 0.25) is 0 Å². The van der Waals surface area contributed by atoms with Gasteiger partial charge in [0.05, 0.1) is 32.6 Å². The van der Waals surface area contributed by atoms with E-state index >= 15 is 0 Å². The number of benzene rings is 8. The van der Waals surface area contributed by atoms with Crippen LogP contribution in [0.5, 0.6) is 0 Å². The van der Waals surface area contributed by atoms with Crippen LogP contribution >= 0.6 is 11.3 Å². The summed E-state index contributed by atoms with van der Waals surface area (Å²) in [5, 5.41) is 2.92. The first kappa shape index (κ1) is 40.7. The van der Waals surface area contributed by atoms with Gasteiger partial charge in [-0.2, -0.15) is 0 Å². The van der Waals surface area contributed by atoms with E-state index in [1.807, 2.05) is 103 Å². The number of thiophene rings is 1. The van der Waals surface area contributed by atoms with Crippen molar-refractivity contribution in [2.24, 2.45) is 0 Å². The fourth-order valence-corrected chi connectivity index (χ4v) is 10.3. The molecule has 0 bridgehead atoms. The first-order chi connectivity index (χ1) is 32.8. The fourth-order valence-electron chi connectivity index (χ4n) is 9.12. The zero-order valence-electron chi connectivity index (χ0n) is 35.7. The molecule has 67 heavy (non-hydrogen) atoms. The Hall–Kier alpha value is -7.81. The number of hydrogen-bond donors (Lipinski definition) is 0. The summed E-state index contributed by atoms with van der Waals surface area (Å²) in [5.41, 5.74) is 10.9. The van der Waals surface area contributed by atoms with Gasteiger partial charge in [0.15, 0.2) is 23.3 Å². The summed E-state index contributed by atoms with van der Waals surface area (Å²) in [5.74, 6) is 2.09. The van der Waals surface area contributed by atoms with E-state index in [0.717, 1.165) is 86.9 Å². The molecule has 0 atom stereocenters. The molecule has 0 amide bonds. The molecule has 0 saturated heterocycles. The minimum absolute atomic E-state index is 0.159. The van der Waals surface area contributed by atoms with Crippen molar-refractivity contribution in [3.8, 4) is 73.6 Å². The quantitative estimate of drug-likeness (QED) is 0.152. The van der Waals surface area contributed by atoms with E-state index in [1.54, 1.807) is 11.3 Å². The number of para-hydroxylation sites is 1. The average molecular weight is 860 g/mol. The Balaban J connectivity index is 1.18. The monoisotopic (exact) mass is 860 g/mol. The van der Waals surface area contributed by atoms with Crippen LogP contribution in [0.1, 0.15) is 0 Å². The van der Waals surface area contributed by atoms with E-state index in [4.69, 9.17) is 64.2 Å². The first-order valence-corrected chi connectivity index (χ1v) is 22.4. The topological polar surface area (TPSA) is 69.4 Å². The van der Waals surface area contributed by atoms with Gasteiger partial charge in [0.2, 0.25) is 0 Å². The third kappa shape index (κ3) is 6.73. The van der Waals surface area contributed by atoms with E-state index in [1.165, 1.54) is 0 Å². The van der Waals surface area contributed by atoms with Gasteiger partial charge < -0.3 is 4.57 Å². The molecule has 0 aliphatic heterocycles. The Kier molecular flexibility index (Phi) is 9.88. The maximum Gasteiger partial charge on any atom is 0.166 e. The molecule has 12 heteroatoms. The van der Waals surface area contributed by atoms with Crippen LogP contribution in [-0.4, -0.2) is 68.7 Å². The van der Waals surface area contributed by atoms with Crippen LogP contribution < -0.4 is 27.3 Å². The maximum absolute atomic E-state index is 6.76. The third-order valence-electron chi connectivity index (χ3n) is 12.4. The molecule has 0 aliphatic rings. The SMILES string of the molecule is [B]c1c([B])c([B])c(-c2cccc3c2c2ccccc2n3-c2ccc(-c3nc(-c4ccccc4)c4sc5ccccc5c4n3)cc2-c2nc(-c3ccccc3)nc(-c3ccccc3)n2)c([B])c1[B]. The second-order valence-electron chi connectivity index (χ2n) is 16.3. The van der Waals surface area contributed by atoms with Crippen LogP contribution in [0, 0.1) is 0 Å². The summed E-state index contributed by atoms with van der Waals surface area (Å²) < 4.78 is 4.39. The Morgan fingerprint density at radius 1 is 0.388 bits per heavy atom. The van der Waals surface area contributed by atoms with Crippen molar-refractivity contribution in [2.45, 2.75) is 0 Å². The molecule has 12 aromatic rings. The minimum Gasteiger partial charge on any atom is -0.308 e. The van der Waals surface area contributed by atoms with Gasteiger partial charge in [-0.25, -0.2) is 24.9 Å². The number of nitrogens with zero attached hydrogens (tertiary/aromatic N) is 6. The largest absolute Gasteiger partial charge is 0.308 e. The maximum atomic E-state index is 6.76. The molecule has 0 fully saturated rings. The van der Waals surface area contributed by atoms with Gasteiger partial charge in [-0.15, -0.1) is 27.7 Å². The Labute approximate surface area is 396 Å². The number of rotatable bonds is 7. The van der Waals surface area contributed by atoms with Crippen LogP contribution in [0.25, 0.3) is 116 Å². The lowest BCUT2D eigenvalue weighted by Gasteiger charge is -2.22. The zero-order chi connectivity index (χ0) is 45.3. The minimum atomic E-state index is 0.159. The molecule has 4 aromatic heterocycles. The van der Waals surface area contributed by atoms with Crippen LogP contribution in [-0.2, 0) is 0 Å². The van der Waals surface area contributed by atoms with Gasteiger partial charge in [-0.3, -0.25) is 0 Å². The second kappa shape index (κ2) is 16.3. The Bertz CT molecular complexity index is 3850. The van der Waals surface area contributed by atoms with Crippen molar-refractivity contribution in [3.05, 3.63) is 176 Å². The highest BCUT2D eigenvalue weighted by molar-refractivity contribution is 7.26. The summed E-state index contributed by atoms with van der Waals surface area (Å²) in [7, 11) is 32.7. The molecular weight excluding hydrogens is 831 g/mol. The average Bonchev–Trinajstić information content (AvgIpc) is 3.94. The molecule has 0 aliphatic carbocycles. The van der Waals surface area contributed by atoms with E-state index in [9.17, 15) is 0 Å². The molecule has 6 nitrogen and oxygen atoms in total. The lowest BCUT2D eigenvalue weighted by Crippen LogP contribution is -2.55. The summed E-state index contributed by atoms with van der Waals surface area (Å²) in [6, 6.07) is 59.1. The van der Waals surface area contributed by atoms with Crippen molar-refractivity contribution in [1.82, 2.24) is 29.5 Å². The van der Waals surface area contributed by atoms with Crippen molar-refractivity contribution >= 4 is 120 Å². The lowest BCUT2D eigenvalue weighted by atomic mass is 9.59. The lowest BCUT2D eigenvalue weighted by molar-refractivity contribution is 1.06. The summed E-state index contributed by atoms with van der Waals surface area (Å²) in [4.78, 5) is 26.3. The van der Waals surface area contributed by atoms with E-state index in [-0.39, 0.29) is 27.3 Å². The van der Waals surface area contributed by atoms with E-state index in [2.05, 4.69) is 77.4 Å². The first-order valence-electron chi connectivity index (χ1n) is 21.6. The van der Waals surface area contributed by atoms with Crippen molar-refractivity contribution < 1.29 is 0 Å². The smallest absolute Gasteiger partial charge is 0.166 e. The Morgan fingerprint density at radius 2 is 0.925 bits per heavy atom. The molecule has 12 rings (SSSR count). The summed E-state index contributed by atoms with van der Waals surface area (Å²) in [6.07, 6.45) is 0. The predicted molar refractivity (Wildman–Crippen MR) is 282 cm³/mol. The summed E-state index contributed by atoms with van der Waals surface area (Å²) >= 11 is 1.70. The van der Waals surface area contributed by atoms with Gasteiger partial charge in [-0.05, 0) is 47.5 Å². The van der Waals surface area contributed by atoms with Crippen molar-refractivity contribution in [2.75, 3.05) is 0 Å². The fraction of sp³-hybridized carbons (Fsp3) is 0. The van der Waals surface area contributed by atoms with Gasteiger partial charge in [0, 0.05) is 48.7 Å². The van der Waals surface area contributed by atoms with Gasteiger partial charge in [0.25, 0.3) is 0 Å². The normalized spacial score (nSPS) is 11.6. The van der Waals surface area contributed by atoms with E-state index < -0.39 is 0 Å². The molecule has 4 heterocycles. The molecule has 8 aromatic carbocycles. The third-order valence-corrected chi connectivity index (χ3v) is 13.5. The number of aromatic nitrogens is 6. The zero-order valence-corrected chi connectivity index (χ0v) is 36.5. The predicted octanol–water partition coefficient (Wildman–Crippen LogP) is 8.10. The molecule has 0 saturated carbocycles. The van der Waals surface area contributed by atoms with E-state index in [0.29, 0.717) is 28.9 Å². The highest BCUT2D eigenvalue weighted by Crippen LogP contribution is 2.43. The number of hydrogen-bond acceptors (Lipinski definition) is 6. The molecule has 10 radical (unpaired) electrons. The number of fused-ring (bicyclic) bond motifs is 6. The van der Waals surface area contributed by atoms with Crippen LogP contribution in [0.4, 0.5) is 0 Å². The standard InChI is InChI=1S/C55H29B5N6S/c56-44-43(45(57)47(59)48(60)46(44)58)36-23-14-25-40-42(36)34-21-10-12-24-38(34)66(40)39-28-27-33(54-61-49(30-15-4-1-5-16-30)51-50(62-54)35-22-11-13-26-41(35)67-51)29-37(39)55-64-52(31-17-6-2-7-18-31)63-53(65-55)32-19-8-3-9-20-32/h1-29H. The highest BCUT2D eigenvalue weighted by Gasteiger charge is 2.24.